The zero-order valence-corrected chi connectivity index (χ0v) is 12.2. The van der Waals surface area contributed by atoms with E-state index in [1.54, 1.807) is 6.20 Å². The maximum absolute atomic E-state index is 9.56. The summed E-state index contributed by atoms with van der Waals surface area (Å²) in [6, 6.07) is 0. The van der Waals surface area contributed by atoms with Crippen LogP contribution in [0.2, 0.25) is 0 Å². The highest BCUT2D eigenvalue weighted by molar-refractivity contribution is 6.55. The second-order valence-electron chi connectivity index (χ2n) is 5.92. The van der Waals surface area contributed by atoms with Gasteiger partial charge in [0.15, 0.2) is 0 Å². The number of aliphatic hydroxyl groups excluding tert-OH is 1. The molecule has 2 rings (SSSR count). The Kier molecular flexibility index (Phi) is 3.60. The predicted molar refractivity (Wildman–Crippen MR) is 74.5 cm³/mol. The van der Waals surface area contributed by atoms with Gasteiger partial charge in [0.1, 0.15) is 0 Å². The molecule has 1 aliphatic heterocycles. The van der Waals surface area contributed by atoms with Crippen LogP contribution in [0.4, 0.5) is 0 Å². The Labute approximate surface area is 114 Å². The highest BCUT2D eigenvalue weighted by Crippen LogP contribution is 2.38. The molecule has 2 heterocycles. The van der Waals surface area contributed by atoms with Crippen molar-refractivity contribution in [2.24, 2.45) is 0 Å². The highest BCUT2D eigenvalue weighted by atomic mass is 16.7. The SMILES string of the molecule is Cc1[nH]ncc1C=C(CO)B1OC(C)(C)C(C)(C)O1. The van der Waals surface area contributed by atoms with E-state index < -0.39 is 18.3 Å². The molecule has 1 saturated heterocycles. The van der Waals surface area contributed by atoms with Gasteiger partial charge < -0.3 is 14.4 Å². The monoisotopic (exact) mass is 264 g/mol. The van der Waals surface area contributed by atoms with Crippen molar-refractivity contribution in [3.05, 3.63) is 22.9 Å². The minimum absolute atomic E-state index is 0.110. The van der Waals surface area contributed by atoms with Crippen LogP contribution in [0.3, 0.4) is 0 Å². The summed E-state index contributed by atoms with van der Waals surface area (Å²) in [6.07, 6.45) is 3.58. The standard InChI is InChI=1S/C13H21BN2O3/c1-9-10(7-15-16-9)6-11(8-17)14-18-12(2,3)13(4,5)19-14/h6-7,17H,8H2,1-5H3,(H,15,16). The number of nitrogens with one attached hydrogen (secondary N) is 1. The van der Waals surface area contributed by atoms with Gasteiger partial charge >= 0.3 is 7.12 Å². The van der Waals surface area contributed by atoms with Gasteiger partial charge in [-0.1, -0.05) is 6.08 Å². The van der Waals surface area contributed by atoms with Crippen molar-refractivity contribution < 1.29 is 14.4 Å². The lowest BCUT2D eigenvalue weighted by molar-refractivity contribution is 0.00578. The molecule has 0 aliphatic carbocycles. The summed E-state index contributed by atoms with van der Waals surface area (Å²) < 4.78 is 11.8. The van der Waals surface area contributed by atoms with Gasteiger partial charge in [-0.2, -0.15) is 5.10 Å². The van der Waals surface area contributed by atoms with Crippen LogP contribution in [0, 0.1) is 6.92 Å². The van der Waals surface area contributed by atoms with Crippen LogP contribution in [0.25, 0.3) is 6.08 Å². The van der Waals surface area contributed by atoms with Crippen LogP contribution in [-0.2, 0) is 9.31 Å². The molecule has 6 heteroatoms. The van der Waals surface area contributed by atoms with Crippen molar-refractivity contribution >= 4 is 13.2 Å². The van der Waals surface area contributed by atoms with Gasteiger partial charge in [0.25, 0.3) is 0 Å². The molecule has 2 N–H and O–H groups in total. The molecular weight excluding hydrogens is 243 g/mol. The Morgan fingerprint density at radius 3 is 2.37 bits per heavy atom. The molecule has 0 aromatic carbocycles. The van der Waals surface area contributed by atoms with Crippen LogP contribution in [-0.4, -0.2) is 40.2 Å². The van der Waals surface area contributed by atoms with E-state index in [-0.39, 0.29) is 6.61 Å². The van der Waals surface area contributed by atoms with Crippen molar-refractivity contribution in [1.29, 1.82) is 0 Å². The van der Waals surface area contributed by atoms with Crippen molar-refractivity contribution in [3.63, 3.8) is 0 Å². The number of aromatic amines is 1. The van der Waals surface area contributed by atoms with E-state index in [0.717, 1.165) is 11.3 Å². The molecule has 0 saturated carbocycles. The molecule has 0 spiro atoms. The summed E-state index contributed by atoms with van der Waals surface area (Å²) >= 11 is 0. The first kappa shape index (κ1) is 14.3. The van der Waals surface area contributed by atoms with Gasteiger partial charge in [-0.3, -0.25) is 5.10 Å². The molecule has 0 bridgehead atoms. The van der Waals surface area contributed by atoms with E-state index >= 15 is 0 Å². The van der Waals surface area contributed by atoms with Crippen LogP contribution in [0.5, 0.6) is 0 Å². The molecule has 104 valence electrons. The quantitative estimate of drug-likeness (QED) is 0.816. The Bertz CT molecular complexity index is 478. The second kappa shape index (κ2) is 4.78. The largest absolute Gasteiger partial charge is 0.492 e. The van der Waals surface area contributed by atoms with E-state index in [2.05, 4.69) is 10.2 Å². The van der Waals surface area contributed by atoms with E-state index in [9.17, 15) is 5.11 Å². The lowest BCUT2D eigenvalue weighted by Gasteiger charge is -2.32. The average Bonchev–Trinajstić information content (AvgIpc) is 2.78. The third-order valence-electron chi connectivity index (χ3n) is 3.95. The fraction of sp³-hybridized carbons (Fsp3) is 0.615. The molecule has 1 aliphatic rings. The molecule has 5 nitrogen and oxygen atoms in total. The van der Waals surface area contributed by atoms with E-state index in [4.69, 9.17) is 9.31 Å². The molecule has 0 atom stereocenters. The fourth-order valence-corrected chi connectivity index (χ4v) is 1.89. The Morgan fingerprint density at radius 2 is 1.95 bits per heavy atom. The first-order chi connectivity index (χ1) is 8.77. The number of aromatic nitrogens is 2. The molecule has 19 heavy (non-hydrogen) atoms. The van der Waals surface area contributed by atoms with Crippen LogP contribution in [0.1, 0.15) is 39.0 Å². The molecule has 0 radical (unpaired) electrons. The van der Waals surface area contributed by atoms with E-state index in [0.29, 0.717) is 5.47 Å². The number of hydrogen-bond acceptors (Lipinski definition) is 4. The maximum atomic E-state index is 9.56. The Balaban J connectivity index is 2.26. The minimum Gasteiger partial charge on any atom is -0.400 e. The van der Waals surface area contributed by atoms with Gasteiger partial charge in [0.05, 0.1) is 24.0 Å². The molecule has 1 aromatic heterocycles. The highest BCUT2D eigenvalue weighted by Gasteiger charge is 2.52. The third kappa shape index (κ3) is 2.61. The normalized spacial score (nSPS) is 22.0. The summed E-state index contributed by atoms with van der Waals surface area (Å²) in [4.78, 5) is 0. The predicted octanol–water partition coefficient (Wildman–Crippen LogP) is 1.73. The molecule has 1 aromatic rings. The van der Waals surface area contributed by atoms with Crippen LogP contribution >= 0.6 is 0 Å². The molecule has 1 fully saturated rings. The van der Waals surface area contributed by atoms with E-state index in [1.165, 1.54) is 0 Å². The van der Waals surface area contributed by atoms with Gasteiger partial charge in [-0.05, 0) is 40.1 Å². The maximum Gasteiger partial charge on any atom is 0.492 e. The fourth-order valence-electron chi connectivity index (χ4n) is 1.89. The molecule has 0 unspecified atom stereocenters. The second-order valence-corrected chi connectivity index (χ2v) is 5.92. The number of H-pyrrole nitrogens is 1. The Hall–Kier alpha value is -1.11. The first-order valence-corrected chi connectivity index (χ1v) is 6.44. The van der Waals surface area contributed by atoms with Crippen LogP contribution < -0.4 is 0 Å². The number of nitrogens with zero attached hydrogens (tertiary/aromatic N) is 1. The van der Waals surface area contributed by atoms with E-state index in [1.807, 2.05) is 40.7 Å². The number of hydrogen-bond donors (Lipinski definition) is 2. The zero-order valence-electron chi connectivity index (χ0n) is 12.2. The van der Waals surface area contributed by atoms with Crippen molar-refractivity contribution in [3.8, 4) is 0 Å². The molecular formula is C13H21BN2O3. The lowest BCUT2D eigenvalue weighted by Crippen LogP contribution is -2.41. The smallest absolute Gasteiger partial charge is 0.400 e. The van der Waals surface area contributed by atoms with Gasteiger partial charge in [0.2, 0.25) is 0 Å². The lowest BCUT2D eigenvalue weighted by atomic mass is 9.77. The Morgan fingerprint density at radius 1 is 1.37 bits per heavy atom. The van der Waals surface area contributed by atoms with Crippen LogP contribution in [0.15, 0.2) is 11.7 Å². The summed E-state index contributed by atoms with van der Waals surface area (Å²) in [7, 11) is -0.524. The number of aryl methyl sites for hydroxylation is 1. The topological polar surface area (TPSA) is 67.4 Å². The minimum atomic E-state index is -0.524. The average molecular weight is 264 g/mol. The van der Waals surface area contributed by atoms with Crippen molar-refractivity contribution in [2.45, 2.75) is 45.8 Å². The molecule has 0 amide bonds. The van der Waals surface area contributed by atoms with Gasteiger partial charge in [-0.15, -0.1) is 0 Å². The summed E-state index contributed by atoms with van der Waals surface area (Å²) in [6.45, 7) is 9.78. The van der Waals surface area contributed by atoms with Crippen molar-refractivity contribution in [1.82, 2.24) is 10.2 Å². The summed E-state index contributed by atoms with van der Waals surface area (Å²) in [5.74, 6) is 0. The third-order valence-corrected chi connectivity index (χ3v) is 3.95. The zero-order chi connectivity index (χ0) is 14.3. The summed E-state index contributed by atoms with van der Waals surface area (Å²) in [5.41, 5.74) is 1.76. The van der Waals surface area contributed by atoms with Gasteiger partial charge in [0, 0.05) is 11.3 Å². The first-order valence-electron chi connectivity index (χ1n) is 6.44. The van der Waals surface area contributed by atoms with Gasteiger partial charge in [-0.25, -0.2) is 0 Å². The van der Waals surface area contributed by atoms with Crippen molar-refractivity contribution in [2.75, 3.05) is 6.61 Å². The number of aliphatic hydroxyl groups is 1. The summed E-state index contributed by atoms with van der Waals surface area (Å²) in [5, 5.41) is 16.4. The number of rotatable bonds is 3.